The number of piperidine rings is 1. The maximum absolute atomic E-state index is 13.2. The lowest BCUT2D eigenvalue weighted by atomic mass is 10.0. The van der Waals surface area contributed by atoms with Gasteiger partial charge in [0.1, 0.15) is 11.3 Å². The second-order valence-corrected chi connectivity index (χ2v) is 14.7. The summed E-state index contributed by atoms with van der Waals surface area (Å²) in [5.74, 6) is 0.619. The van der Waals surface area contributed by atoms with Crippen LogP contribution in [0.4, 0.5) is 24.5 Å². The van der Waals surface area contributed by atoms with Crippen molar-refractivity contribution in [2.75, 3.05) is 29.1 Å². The summed E-state index contributed by atoms with van der Waals surface area (Å²) in [6.07, 6.45) is 0.694. The Morgan fingerprint density at radius 1 is 0.962 bits per heavy atom. The summed E-state index contributed by atoms with van der Waals surface area (Å²) in [6, 6.07) is 18.9. The van der Waals surface area contributed by atoms with E-state index in [0.29, 0.717) is 51.6 Å². The Hall–Kier alpha value is -4.62. The van der Waals surface area contributed by atoms with Gasteiger partial charge in [0.2, 0.25) is 0 Å². The summed E-state index contributed by atoms with van der Waals surface area (Å²) in [5.41, 5.74) is 3.71. The number of carbonyl (C=O) groups excluding carboxylic acids is 2. The lowest BCUT2D eigenvalue weighted by molar-refractivity contribution is -0.154. The molecule has 0 saturated carbocycles. The summed E-state index contributed by atoms with van der Waals surface area (Å²) in [4.78, 5) is 35.6. The van der Waals surface area contributed by atoms with Gasteiger partial charge < -0.3 is 25.4 Å². The number of nitrogens with one attached hydrogen (secondary N) is 2. The molecule has 2 aromatic heterocycles. The molecule has 276 valence electrons. The fourth-order valence-corrected chi connectivity index (χ4v) is 6.61. The van der Waals surface area contributed by atoms with Crippen molar-refractivity contribution in [3.63, 3.8) is 0 Å². The van der Waals surface area contributed by atoms with Crippen LogP contribution >= 0.6 is 11.8 Å². The number of alkyl halides is 3. The summed E-state index contributed by atoms with van der Waals surface area (Å²) in [6.45, 7) is 7.37. The number of amides is 1. The van der Waals surface area contributed by atoms with E-state index >= 15 is 0 Å². The minimum absolute atomic E-state index is 0.00756. The third-order valence-electron chi connectivity index (χ3n) is 8.29. The van der Waals surface area contributed by atoms with Crippen LogP contribution in [-0.4, -0.2) is 51.4 Å². The Morgan fingerprint density at radius 2 is 1.75 bits per heavy atom. The number of ether oxygens (including phenoxy) is 1. The molecule has 52 heavy (non-hydrogen) atoms. The smallest absolute Gasteiger partial charge is 0.433 e. The summed E-state index contributed by atoms with van der Waals surface area (Å²) in [5, 5.41) is 17.4. The highest BCUT2D eigenvalue weighted by molar-refractivity contribution is 7.98. The van der Waals surface area contributed by atoms with Gasteiger partial charge in [-0.1, -0.05) is 30.3 Å². The molecule has 3 N–H and O–H groups in total. The molecule has 1 amide bonds. The van der Waals surface area contributed by atoms with Crippen LogP contribution in [0, 0.1) is 0 Å². The number of benzene rings is 2. The lowest BCUT2D eigenvalue weighted by Gasteiger charge is -2.30. The molecule has 5 rings (SSSR count). The molecule has 9 nitrogen and oxygen atoms in total. The van der Waals surface area contributed by atoms with E-state index in [9.17, 15) is 27.9 Å². The van der Waals surface area contributed by atoms with Gasteiger partial charge in [0.05, 0.1) is 12.1 Å². The summed E-state index contributed by atoms with van der Waals surface area (Å²) >= 11 is 1.61. The first-order chi connectivity index (χ1) is 24.7. The number of hydrogen-bond acceptors (Lipinski definition) is 9. The largest absolute Gasteiger partial charge is 0.460 e. The van der Waals surface area contributed by atoms with Crippen LogP contribution in [0.15, 0.2) is 79.1 Å². The molecule has 1 fully saturated rings. The molecule has 1 saturated heterocycles. The first-order valence-corrected chi connectivity index (χ1v) is 18.4. The van der Waals surface area contributed by atoms with Gasteiger partial charge in [-0.25, -0.2) is 0 Å². The zero-order valence-electron chi connectivity index (χ0n) is 29.5. The maximum atomic E-state index is 13.2. The number of esters is 1. The number of aliphatic hydroxyl groups excluding tert-OH is 1. The Bertz CT molecular complexity index is 1830. The standard InChI is InChI=1S/C39H44F3N5O4S/c1-38(2,3)51-35(48)15-19-52-25-26-8-7-9-28(20-26)37(50)46-32-12-11-30(47-17-5-4-6-18-47)22-31(32)33-21-29(14-16-43-33)36(49)45-24-27-10-13-34(44-23-27)39(40,41)42/h7-14,16,20-23,37,46,50H,4-6,15,17-19,24-25H2,1-3H3,(H,45,49). The van der Waals surface area contributed by atoms with E-state index < -0.39 is 29.6 Å². The molecule has 4 aromatic rings. The molecule has 1 unspecified atom stereocenters. The zero-order chi connectivity index (χ0) is 37.3. The van der Waals surface area contributed by atoms with Gasteiger partial charge in [-0.2, -0.15) is 24.9 Å². The molecule has 0 bridgehead atoms. The summed E-state index contributed by atoms with van der Waals surface area (Å²) < 4.78 is 44.1. The Balaban J connectivity index is 1.30. The monoisotopic (exact) mass is 735 g/mol. The van der Waals surface area contributed by atoms with Crippen LogP contribution in [0.25, 0.3) is 11.3 Å². The first-order valence-electron chi connectivity index (χ1n) is 17.2. The highest BCUT2D eigenvalue weighted by Gasteiger charge is 2.32. The van der Waals surface area contributed by atoms with E-state index in [1.54, 1.807) is 23.9 Å². The van der Waals surface area contributed by atoms with Gasteiger partial charge in [0.15, 0.2) is 6.23 Å². The molecular weight excluding hydrogens is 692 g/mol. The van der Waals surface area contributed by atoms with Gasteiger partial charge in [-0.05, 0) is 87.6 Å². The highest BCUT2D eigenvalue weighted by Crippen LogP contribution is 2.35. The van der Waals surface area contributed by atoms with Crippen molar-refractivity contribution in [1.82, 2.24) is 15.3 Å². The van der Waals surface area contributed by atoms with Gasteiger partial charge in [0.25, 0.3) is 5.91 Å². The zero-order valence-corrected chi connectivity index (χ0v) is 30.3. The topological polar surface area (TPSA) is 117 Å². The van der Waals surface area contributed by atoms with Crippen molar-refractivity contribution >= 4 is 35.0 Å². The molecule has 1 aliphatic rings. The van der Waals surface area contributed by atoms with Crippen molar-refractivity contribution in [3.05, 3.63) is 107 Å². The van der Waals surface area contributed by atoms with Gasteiger partial charge in [-0.3, -0.25) is 19.6 Å². The fourth-order valence-electron chi connectivity index (χ4n) is 5.74. The second-order valence-electron chi connectivity index (χ2n) is 13.6. The Kier molecular flexibility index (Phi) is 12.8. The third-order valence-corrected chi connectivity index (χ3v) is 9.32. The van der Waals surface area contributed by atoms with E-state index in [1.807, 2.05) is 63.2 Å². The number of aromatic nitrogens is 2. The van der Waals surface area contributed by atoms with Crippen molar-refractivity contribution < 1.29 is 32.6 Å². The van der Waals surface area contributed by atoms with E-state index in [0.717, 1.165) is 49.4 Å². The van der Waals surface area contributed by atoms with Gasteiger partial charge in [0, 0.05) is 71.6 Å². The number of aliphatic hydroxyl groups is 1. The highest BCUT2D eigenvalue weighted by atomic mass is 32.2. The number of nitrogens with zero attached hydrogens (tertiary/aromatic N) is 3. The van der Waals surface area contributed by atoms with E-state index in [1.165, 1.54) is 18.7 Å². The minimum Gasteiger partial charge on any atom is -0.460 e. The fraction of sp³-hybridized carbons (Fsp3) is 0.385. The average Bonchev–Trinajstić information content (AvgIpc) is 3.12. The molecule has 1 atom stereocenters. The lowest BCUT2D eigenvalue weighted by Crippen LogP contribution is -2.29. The molecule has 0 aliphatic carbocycles. The SMILES string of the molecule is CC(C)(C)OC(=O)CCSCc1cccc(C(O)Nc2ccc(N3CCCCC3)cc2-c2cc(C(=O)NCc3ccc(C(F)(F)F)nc3)ccn2)c1. The van der Waals surface area contributed by atoms with Crippen LogP contribution in [0.1, 0.15) is 85.4 Å². The van der Waals surface area contributed by atoms with Crippen LogP contribution in [-0.2, 0) is 28.0 Å². The van der Waals surface area contributed by atoms with E-state index in [2.05, 4.69) is 25.5 Å². The van der Waals surface area contributed by atoms with Crippen molar-refractivity contribution in [2.24, 2.45) is 0 Å². The van der Waals surface area contributed by atoms with Crippen molar-refractivity contribution in [2.45, 2.75) is 76.8 Å². The van der Waals surface area contributed by atoms with Crippen LogP contribution in [0.2, 0.25) is 0 Å². The number of carbonyl (C=O) groups is 2. The first kappa shape index (κ1) is 38.6. The molecule has 2 aromatic carbocycles. The van der Waals surface area contributed by atoms with Gasteiger partial charge >= 0.3 is 12.1 Å². The predicted molar refractivity (Wildman–Crippen MR) is 198 cm³/mol. The van der Waals surface area contributed by atoms with Crippen LogP contribution in [0.5, 0.6) is 0 Å². The van der Waals surface area contributed by atoms with Gasteiger partial charge in [-0.15, -0.1) is 0 Å². The number of anilines is 2. The summed E-state index contributed by atoms with van der Waals surface area (Å²) in [7, 11) is 0. The number of rotatable bonds is 13. The number of pyridine rings is 2. The number of hydrogen-bond donors (Lipinski definition) is 3. The number of halogens is 3. The van der Waals surface area contributed by atoms with Crippen molar-refractivity contribution in [1.29, 1.82) is 0 Å². The molecule has 3 heterocycles. The van der Waals surface area contributed by atoms with Crippen molar-refractivity contribution in [3.8, 4) is 11.3 Å². The molecule has 0 spiro atoms. The quantitative estimate of drug-likeness (QED) is 0.0711. The average molecular weight is 736 g/mol. The normalized spacial score (nSPS) is 14.1. The molecule has 13 heteroatoms. The third kappa shape index (κ3) is 11.2. The molecule has 0 radical (unpaired) electrons. The van der Waals surface area contributed by atoms with Crippen LogP contribution in [0.3, 0.4) is 0 Å². The minimum atomic E-state index is -4.54. The van der Waals surface area contributed by atoms with E-state index in [-0.39, 0.29) is 12.5 Å². The van der Waals surface area contributed by atoms with E-state index in [4.69, 9.17) is 4.74 Å². The molecular formula is C39H44F3N5O4S. The molecule has 1 aliphatic heterocycles. The van der Waals surface area contributed by atoms with Crippen LogP contribution < -0.4 is 15.5 Å². The predicted octanol–water partition coefficient (Wildman–Crippen LogP) is 8.15. The Morgan fingerprint density at radius 3 is 2.46 bits per heavy atom. The second kappa shape index (κ2) is 17.3. The Labute approximate surface area is 306 Å². The maximum Gasteiger partial charge on any atom is 0.433 e. The number of thioether (sulfide) groups is 1.